The summed E-state index contributed by atoms with van der Waals surface area (Å²) in [5, 5.41) is 6.67. The Morgan fingerprint density at radius 2 is 2.20 bits per heavy atom. The molecule has 1 amide bonds. The second-order valence-corrected chi connectivity index (χ2v) is 8.08. The second kappa shape index (κ2) is 9.43. The number of fused-ring (bicyclic) bond motifs is 1. The SMILES string of the molecule is CNc1nc(C2CCCNC2)nc2c1CN(C(=O)CCOc1ccccc1C)CC2. The molecule has 0 bridgehead atoms. The van der Waals surface area contributed by atoms with Crippen molar-refractivity contribution in [2.24, 2.45) is 0 Å². The number of rotatable bonds is 6. The molecule has 1 aromatic carbocycles. The predicted molar refractivity (Wildman–Crippen MR) is 117 cm³/mol. The number of carbonyl (C=O) groups excluding carboxylic acids is 1. The van der Waals surface area contributed by atoms with Crippen molar-refractivity contribution in [2.45, 2.75) is 45.1 Å². The summed E-state index contributed by atoms with van der Waals surface area (Å²) in [6, 6.07) is 7.88. The Labute approximate surface area is 178 Å². The van der Waals surface area contributed by atoms with E-state index in [1.165, 1.54) is 0 Å². The number of aromatic nitrogens is 2. The van der Waals surface area contributed by atoms with Crippen LogP contribution < -0.4 is 15.4 Å². The van der Waals surface area contributed by atoms with E-state index in [0.29, 0.717) is 32.0 Å². The zero-order valence-corrected chi connectivity index (χ0v) is 17.9. The monoisotopic (exact) mass is 409 g/mol. The molecule has 0 spiro atoms. The lowest BCUT2D eigenvalue weighted by molar-refractivity contribution is -0.132. The molecule has 160 valence electrons. The highest BCUT2D eigenvalue weighted by Gasteiger charge is 2.27. The van der Waals surface area contributed by atoms with E-state index >= 15 is 0 Å². The molecule has 0 radical (unpaired) electrons. The number of benzene rings is 1. The molecule has 7 heteroatoms. The number of carbonyl (C=O) groups is 1. The van der Waals surface area contributed by atoms with Gasteiger partial charge in [0, 0.05) is 38.0 Å². The maximum absolute atomic E-state index is 12.8. The molecule has 7 nitrogen and oxygen atoms in total. The van der Waals surface area contributed by atoms with Crippen molar-refractivity contribution in [3.05, 3.63) is 46.9 Å². The summed E-state index contributed by atoms with van der Waals surface area (Å²) in [7, 11) is 1.89. The van der Waals surface area contributed by atoms with Gasteiger partial charge in [-0.15, -0.1) is 0 Å². The number of piperidine rings is 1. The van der Waals surface area contributed by atoms with E-state index < -0.39 is 0 Å². The van der Waals surface area contributed by atoms with Gasteiger partial charge in [-0.2, -0.15) is 0 Å². The van der Waals surface area contributed by atoms with Gasteiger partial charge in [-0.25, -0.2) is 9.97 Å². The molecule has 4 rings (SSSR count). The summed E-state index contributed by atoms with van der Waals surface area (Å²) >= 11 is 0. The van der Waals surface area contributed by atoms with Gasteiger partial charge in [0.2, 0.25) is 5.91 Å². The highest BCUT2D eigenvalue weighted by atomic mass is 16.5. The van der Waals surface area contributed by atoms with Crippen molar-refractivity contribution in [1.29, 1.82) is 0 Å². The molecule has 1 saturated heterocycles. The molecule has 1 unspecified atom stereocenters. The van der Waals surface area contributed by atoms with Crippen molar-refractivity contribution in [1.82, 2.24) is 20.2 Å². The van der Waals surface area contributed by atoms with Gasteiger partial charge >= 0.3 is 0 Å². The van der Waals surface area contributed by atoms with Gasteiger partial charge in [0.15, 0.2) is 0 Å². The Morgan fingerprint density at radius 3 is 2.97 bits per heavy atom. The standard InChI is InChI=1S/C23H31N5O2/c1-16-6-3-4-8-20(16)30-13-10-21(29)28-12-9-19-18(15-28)23(24-2)27-22(26-19)17-7-5-11-25-14-17/h3-4,6,8,17,25H,5,7,9-15H2,1-2H3,(H,24,26,27). The lowest BCUT2D eigenvalue weighted by Gasteiger charge is -2.31. The van der Waals surface area contributed by atoms with E-state index in [9.17, 15) is 4.79 Å². The first-order valence-corrected chi connectivity index (χ1v) is 10.9. The molecule has 3 heterocycles. The van der Waals surface area contributed by atoms with Crippen LogP contribution in [-0.4, -0.2) is 54.1 Å². The molecule has 2 aliphatic rings. The van der Waals surface area contributed by atoms with Crippen molar-refractivity contribution in [3.63, 3.8) is 0 Å². The lowest BCUT2D eigenvalue weighted by Crippen LogP contribution is -2.38. The van der Waals surface area contributed by atoms with Crippen LogP contribution in [0.2, 0.25) is 0 Å². The van der Waals surface area contributed by atoms with Crippen molar-refractivity contribution in [3.8, 4) is 5.75 Å². The van der Waals surface area contributed by atoms with Gasteiger partial charge < -0.3 is 20.3 Å². The number of nitrogens with one attached hydrogen (secondary N) is 2. The summed E-state index contributed by atoms with van der Waals surface area (Å²) in [6.07, 6.45) is 3.42. The Morgan fingerprint density at radius 1 is 1.33 bits per heavy atom. The van der Waals surface area contributed by atoms with Crippen LogP contribution in [-0.2, 0) is 17.8 Å². The Hall–Kier alpha value is -2.67. The van der Waals surface area contributed by atoms with Gasteiger partial charge in [-0.05, 0) is 37.9 Å². The van der Waals surface area contributed by atoms with Crippen LogP contribution in [0.15, 0.2) is 24.3 Å². The quantitative estimate of drug-likeness (QED) is 0.764. The smallest absolute Gasteiger partial charge is 0.226 e. The molecule has 2 aliphatic heterocycles. The van der Waals surface area contributed by atoms with E-state index in [-0.39, 0.29) is 5.91 Å². The van der Waals surface area contributed by atoms with Gasteiger partial charge in [-0.1, -0.05) is 18.2 Å². The second-order valence-electron chi connectivity index (χ2n) is 8.08. The van der Waals surface area contributed by atoms with Crippen LogP contribution in [0.4, 0.5) is 5.82 Å². The summed E-state index contributed by atoms with van der Waals surface area (Å²) in [6.45, 7) is 5.65. The van der Waals surface area contributed by atoms with Gasteiger partial charge in [0.25, 0.3) is 0 Å². The summed E-state index contributed by atoms with van der Waals surface area (Å²) < 4.78 is 5.81. The highest BCUT2D eigenvalue weighted by molar-refractivity contribution is 5.77. The van der Waals surface area contributed by atoms with Gasteiger partial charge in [0.1, 0.15) is 17.4 Å². The van der Waals surface area contributed by atoms with E-state index in [1.54, 1.807) is 0 Å². The molecule has 2 N–H and O–H groups in total. The van der Waals surface area contributed by atoms with Crippen LogP contribution in [0.25, 0.3) is 0 Å². The van der Waals surface area contributed by atoms with E-state index in [0.717, 1.165) is 66.6 Å². The Kier molecular flexibility index (Phi) is 6.47. The summed E-state index contributed by atoms with van der Waals surface area (Å²) in [5.74, 6) is 3.10. The molecule has 1 fully saturated rings. The minimum absolute atomic E-state index is 0.108. The largest absolute Gasteiger partial charge is 0.493 e. The summed E-state index contributed by atoms with van der Waals surface area (Å²) in [4.78, 5) is 24.4. The Balaban J connectivity index is 1.40. The Bertz CT molecular complexity index is 878. The van der Waals surface area contributed by atoms with E-state index in [2.05, 4.69) is 10.6 Å². The zero-order valence-electron chi connectivity index (χ0n) is 17.9. The number of hydrogen-bond donors (Lipinski definition) is 2. The molecule has 1 atom stereocenters. The number of anilines is 1. The average Bonchev–Trinajstić information content (AvgIpc) is 2.79. The molecule has 0 saturated carbocycles. The van der Waals surface area contributed by atoms with Crippen molar-refractivity contribution >= 4 is 11.7 Å². The zero-order chi connectivity index (χ0) is 20.9. The van der Waals surface area contributed by atoms with Gasteiger partial charge in [0.05, 0.1) is 25.3 Å². The molecule has 1 aromatic heterocycles. The first-order valence-electron chi connectivity index (χ1n) is 10.9. The number of nitrogens with zero attached hydrogens (tertiary/aromatic N) is 3. The maximum Gasteiger partial charge on any atom is 0.226 e. The van der Waals surface area contributed by atoms with Crippen LogP contribution in [0, 0.1) is 6.92 Å². The van der Waals surface area contributed by atoms with Crippen LogP contribution in [0.3, 0.4) is 0 Å². The fraction of sp³-hybridized carbons (Fsp3) is 0.522. The lowest BCUT2D eigenvalue weighted by atomic mass is 9.97. The van der Waals surface area contributed by atoms with Crippen LogP contribution in [0.5, 0.6) is 5.75 Å². The van der Waals surface area contributed by atoms with E-state index in [4.69, 9.17) is 14.7 Å². The predicted octanol–water partition coefficient (Wildman–Crippen LogP) is 2.65. The minimum atomic E-state index is 0.108. The number of aryl methyl sites for hydroxylation is 1. The van der Waals surface area contributed by atoms with Crippen LogP contribution in [0.1, 0.15) is 47.8 Å². The fourth-order valence-electron chi connectivity index (χ4n) is 4.23. The van der Waals surface area contributed by atoms with Gasteiger partial charge in [-0.3, -0.25) is 4.79 Å². The first kappa shape index (κ1) is 20.6. The van der Waals surface area contributed by atoms with E-state index in [1.807, 2.05) is 43.1 Å². The maximum atomic E-state index is 12.8. The van der Waals surface area contributed by atoms with Crippen LogP contribution >= 0.6 is 0 Å². The third kappa shape index (κ3) is 4.56. The summed E-state index contributed by atoms with van der Waals surface area (Å²) in [5.41, 5.74) is 3.20. The first-order chi connectivity index (χ1) is 14.7. The highest BCUT2D eigenvalue weighted by Crippen LogP contribution is 2.28. The third-order valence-electron chi connectivity index (χ3n) is 6.00. The fourth-order valence-corrected chi connectivity index (χ4v) is 4.23. The molecule has 0 aliphatic carbocycles. The number of ether oxygens (including phenoxy) is 1. The molecular weight excluding hydrogens is 378 g/mol. The molecular formula is C23H31N5O2. The number of hydrogen-bond acceptors (Lipinski definition) is 6. The van der Waals surface area contributed by atoms with Crippen molar-refractivity contribution < 1.29 is 9.53 Å². The number of amides is 1. The third-order valence-corrected chi connectivity index (χ3v) is 6.00. The molecule has 2 aromatic rings. The normalized spacial score (nSPS) is 18.6. The molecule has 30 heavy (non-hydrogen) atoms. The number of para-hydroxylation sites is 1. The minimum Gasteiger partial charge on any atom is -0.493 e. The average molecular weight is 410 g/mol. The topological polar surface area (TPSA) is 79.4 Å². The van der Waals surface area contributed by atoms with Crippen molar-refractivity contribution in [2.75, 3.05) is 38.6 Å².